The fourth-order valence-corrected chi connectivity index (χ4v) is 2.93. The van der Waals surface area contributed by atoms with Gasteiger partial charge < -0.3 is 10.0 Å². The number of carbonyl (C=O) groups is 1. The van der Waals surface area contributed by atoms with Crippen LogP contribution in [0.5, 0.6) is 0 Å². The van der Waals surface area contributed by atoms with Gasteiger partial charge in [-0.25, -0.2) is 9.97 Å². The summed E-state index contributed by atoms with van der Waals surface area (Å²) in [4.78, 5) is 26.8. The van der Waals surface area contributed by atoms with Crippen LogP contribution >= 0.6 is 0 Å². The SMILES string of the molecule is CC(C)c1cc(N2CCCC(C(=O)O)C2)nc(-c2ccncc2)n1. The summed E-state index contributed by atoms with van der Waals surface area (Å²) in [6.45, 7) is 5.52. The van der Waals surface area contributed by atoms with Gasteiger partial charge in [0, 0.05) is 42.8 Å². The molecule has 0 radical (unpaired) electrons. The molecule has 0 spiro atoms. The molecule has 0 amide bonds. The van der Waals surface area contributed by atoms with Crippen molar-refractivity contribution < 1.29 is 9.90 Å². The average molecular weight is 326 g/mol. The Labute approximate surface area is 141 Å². The van der Waals surface area contributed by atoms with E-state index in [1.165, 1.54) is 0 Å². The Morgan fingerprint density at radius 2 is 2.04 bits per heavy atom. The number of carboxylic acid groups (broad SMARTS) is 1. The zero-order valence-electron chi connectivity index (χ0n) is 14.0. The van der Waals surface area contributed by atoms with Crippen molar-refractivity contribution >= 4 is 11.8 Å². The van der Waals surface area contributed by atoms with Crippen LogP contribution < -0.4 is 4.90 Å². The summed E-state index contributed by atoms with van der Waals surface area (Å²) in [7, 11) is 0. The van der Waals surface area contributed by atoms with E-state index >= 15 is 0 Å². The fourth-order valence-electron chi connectivity index (χ4n) is 2.93. The molecule has 126 valence electrons. The van der Waals surface area contributed by atoms with Crippen molar-refractivity contribution in [1.82, 2.24) is 15.0 Å². The molecule has 6 nitrogen and oxygen atoms in total. The van der Waals surface area contributed by atoms with E-state index in [9.17, 15) is 9.90 Å². The Balaban J connectivity index is 1.98. The topological polar surface area (TPSA) is 79.2 Å². The van der Waals surface area contributed by atoms with E-state index < -0.39 is 5.97 Å². The number of hydrogen-bond donors (Lipinski definition) is 1. The third-order valence-electron chi connectivity index (χ3n) is 4.36. The summed E-state index contributed by atoms with van der Waals surface area (Å²) in [5.74, 6) is 0.683. The van der Waals surface area contributed by atoms with Crippen molar-refractivity contribution in [2.75, 3.05) is 18.0 Å². The minimum atomic E-state index is -0.729. The lowest BCUT2D eigenvalue weighted by atomic mass is 9.98. The lowest BCUT2D eigenvalue weighted by Crippen LogP contribution is -2.39. The normalized spacial score (nSPS) is 18.0. The van der Waals surface area contributed by atoms with Crippen LogP contribution in [-0.2, 0) is 4.79 Å². The lowest BCUT2D eigenvalue weighted by Gasteiger charge is -2.32. The molecule has 2 aromatic heterocycles. The van der Waals surface area contributed by atoms with E-state index in [-0.39, 0.29) is 11.8 Å². The van der Waals surface area contributed by atoms with Crippen LogP contribution in [0.3, 0.4) is 0 Å². The first-order valence-electron chi connectivity index (χ1n) is 8.31. The van der Waals surface area contributed by atoms with Gasteiger partial charge in [0.2, 0.25) is 0 Å². The van der Waals surface area contributed by atoms with Gasteiger partial charge in [0.05, 0.1) is 5.92 Å². The number of pyridine rings is 1. The number of rotatable bonds is 4. The Kier molecular flexibility index (Phi) is 4.74. The van der Waals surface area contributed by atoms with Crippen LogP contribution in [-0.4, -0.2) is 39.1 Å². The van der Waals surface area contributed by atoms with Crippen LogP contribution in [0.4, 0.5) is 5.82 Å². The van der Waals surface area contributed by atoms with Gasteiger partial charge in [-0.2, -0.15) is 0 Å². The molecule has 1 fully saturated rings. The van der Waals surface area contributed by atoms with Gasteiger partial charge in [-0.1, -0.05) is 13.8 Å². The van der Waals surface area contributed by atoms with Crippen LogP contribution in [0.2, 0.25) is 0 Å². The number of aliphatic carboxylic acids is 1. The molecular weight excluding hydrogens is 304 g/mol. The van der Waals surface area contributed by atoms with Crippen molar-refractivity contribution in [1.29, 1.82) is 0 Å². The number of piperidine rings is 1. The van der Waals surface area contributed by atoms with Gasteiger partial charge in [0.1, 0.15) is 5.82 Å². The predicted molar refractivity (Wildman–Crippen MR) is 91.9 cm³/mol. The van der Waals surface area contributed by atoms with Gasteiger partial charge >= 0.3 is 5.97 Å². The average Bonchev–Trinajstić information content (AvgIpc) is 2.62. The van der Waals surface area contributed by atoms with Crippen LogP contribution in [0.15, 0.2) is 30.6 Å². The Morgan fingerprint density at radius 1 is 1.29 bits per heavy atom. The van der Waals surface area contributed by atoms with Gasteiger partial charge in [0.15, 0.2) is 5.82 Å². The largest absolute Gasteiger partial charge is 0.481 e. The molecule has 1 unspecified atom stereocenters. The first-order valence-corrected chi connectivity index (χ1v) is 8.31. The van der Waals surface area contributed by atoms with Crippen molar-refractivity contribution in [3.8, 4) is 11.4 Å². The fraction of sp³-hybridized carbons (Fsp3) is 0.444. The minimum absolute atomic E-state index is 0.271. The van der Waals surface area contributed by atoms with E-state index in [4.69, 9.17) is 4.98 Å². The molecule has 3 rings (SSSR count). The molecule has 1 N–H and O–H groups in total. The summed E-state index contributed by atoms with van der Waals surface area (Å²) >= 11 is 0. The van der Waals surface area contributed by atoms with E-state index in [1.54, 1.807) is 12.4 Å². The van der Waals surface area contributed by atoms with Gasteiger partial charge in [-0.05, 0) is 30.9 Å². The predicted octanol–water partition coefficient (Wildman–Crippen LogP) is 2.96. The molecule has 1 atom stereocenters. The van der Waals surface area contributed by atoms with E-state index in [0.29, 0.717) is 12.4 Å². The Hall–Kier alpha value is -2.50. The van der Waals surface area contributed by atoms with E-state index in [2.05, 4.69) is 28.7 Å². The first kappa shape index (κ1) is 16.4. The Bertz CT molecular complexity index is 718. The zero-order chi connectivity index (χ0) is 17.1. The summed E-state index contributed by atoms with van der Waals surface area (Å²) in [6.07, 6.45) is 5.04. The summed E-state index contributed by atoms with van der Waals surface area (Å²) < 4.78 is 0. The van der Waals surface area contributed by atoms with Crippen molar-refractivity contribution in [3.05, 3.63) is 36.3 Å². The smallest absolute Gasteiger partial charge is 0.308 e. The second-order valence-corrected chi connectivity index (χ2v) is 6.49. The zero-order valence-corrected chi connectivity index (χ0v) is 14.0. The lowest BCUT2D eigenvalue weighted by molar-refractivity contribution is -0.141. The molecule has 3 heterocycles. The second kappa shape index (κ2) is 6.95. The molecule has 6 heteroatoms. The maximum absolute atomic E-state index is 11.3. The summed E-state index contributed by atoms with van der Waals surface area (Å²) in [5, 5.41) is 9.31. The maximum atomic E-state index is 11.3. The molecule has 0 bridgehead atoms. The molecule has 2 aromatic rings. The molecule has 1 aliphatic rings. The highest BCUT2D eigenvalue weighted by atomic mass is 16.4. The molecule has 0 aromatic carbocycles. The van der Waals surface area contributed by atoms with Crippen LogP contribution in [0, 0.1) is 5.92 Å². The number of hydrogen-bond acceptors (Lipinski definition) is 5. The highest BCUT2D eigenvalue weighted by molar-refractivity contribution is 5.71. The highest BCUT2D eigenvalue weighted by Gasteiger charge is 2.26. The molecule has 0 saturated carbocycles. The third kappa shape index (κ3) is 3.53. The monoisotopic (exact) mass is 326 g/mol. The van der Waals surface area contributed by atoms with Crippen molar-refractivity contribution in [2.24, 2.45) is 5.92 Å². The molecule has 1 saturated heterocycles. The molecule has 0 aliphatic carbocycles. The molecule has 1 aliphatic heterocycles. The molecule has 24 heavy (non-hydrogen) atoms. The number of aromatic nitrogens is 3. The number of nitrogens with zero attached hydrogens (tertiary/aromatic N) is 4. The van der Waals surface area contributed by atoms with E-state index in [1.807, 2.05) is 18.2 Å². The van der Waals surface area contributed by atoms with Gasteiger partial charge in [-0.15, -0.1) is 0 Å². The van der Waals surface area contributed by atoms with E-state index in [0.717, 1.165) is 36.5 Å². The van der Waals surface area contributed by atoms with Crippen LogP contribution in [0.1, 0.15) is 38.3 Å². The van der Waals surface area contributed by atoms with Gasteiger partial charge in [0.25, 0.3) is 0 Å². The van der Waals surface area contributed by atoms with Crippen molar-refractivity contribution in [2.45, 2.75) is 32.6 Å². The number of anilines is 1. The quantitative estimate of drug-likeness (QED) is 0.930. The standard InChI is InChI=1S/C18H22N4O2/c1-12(2)15-10-16(22-9-3-4-14(11-22)18(23)24)21-17(20-15)13-5-7-19-8-6-13/h5-8,10,12,14H,3-4,9,11H2,1-2H3,(H,23,24). The maximum Gasteiger partial charge on any atom is 0.308 e. The summed E-state index contributed by atoms with van der Waals surface area (Å²) in [6, 6.07) is 5.76. The molecular formula is C18H22N4O2. The first-order chi connectivity index (χ1) is 11.5. The van der Waals surface area contributed by atoms with Crippen molar-refractivity contribution in [3.63, 3.8) is 0 Å². The van der Waals surface area contributed by atoms with Crippen LogP contribution in [0.25, 0.3) is 11.4 Å². The number of carboxylic acids is 1. The van der Waals surface area contributed by atoms with Gasteiger partial charge in [-0.3, -0.25) is 9.78 Å². The minimum Gasteiger partial charge on any atom is -0.481 e. The summed E-state index contributed by atoms with van der Waals surface area (Å²) in [5.41, 5.74) is 1.88. The second-order valence-electron chi connectivity index (χ2n) is 6.49. The Morgan fingerprint density at radius 3 is 2.71 bits per heavy atom. The highest BCUT2D eigenvalue weighted by Crippen LogP contribution is 2.27. The third-order valence-corrected chi connectivity index (χ3v) is 4.36.